The van der Waals surface area contributed by atoms with Gasteiger partial charge in [-0.05, 0) is 31.1 Å². The average molecular weight is 154 g/mol. The van der Waals surface area contributed by atoms with Gasteiger partial charge in [0.1, 0.15) is 0 Å². The lowest BCUT2D eigenvalue weighted by Crippen LogP contribution is -1.98. The molecule has 0 spiro atoms. The van der Waals surface area contributed by atoms with Crippen LogP contribution in [0.15, 0.2) is 12.2 Å². The molecule has 0 aliphatic carbocycles. The summed E-state index contributed by atoms with van der Waals surface area (Å²) in [4.78, 5) is 0. The Hall–Kier alpha value is -0.260. The predicted octanol–water partition coefficient (Wildman–Crippen LogP) is 4.02. The third-order valence-electron chi connectivity index (χ3n) is 1.81. The first kappa shape index (κ1) is 10.7. The van der Waals surface area contributed by atoms with E-state index in [4.69, 9.17) is 0 Å². The van der Waals surface area contributed by atoms with Crippen molar-refractivity contribution in [3.8, 4) is 0 Å². The molecule has 0 heterocycles. The van der Waals surface area contributed by atoms with Crippen LogP contribution in [-0.2, 0) is 0 Å². The van der Waals surface area contributed by atoms with Crippen LogP contribution in [0.4, 0.5) is 0 Å². The molecule has 0 saturated carbocycles. The van der Waals surface area contributed by atoms with Crippen LogP contribution in [0.2, 0.25) is 0 Å². The fourth-order valence-electron chi connectivity index (χ4n) is 1.40. The van der Waals surface area contributed by atoms with E-state index in [2.05, 4.69) is 39.8 Å². The lowest BCUT2D eigenvalue weighted by Gasteiger charge is -2.10. The van der Waals surface area contributed by atoms with Gasteiger partial charge in [-0.1, -0.05) is 39.8 Å². The lowest BCUT2D eigenvalue weighted by molar-refractivity contribution is 0.442. The highest BCUT2D eigenvalue weighted by atomic mass is 14.1. The zero-order valence-electron chi connectivity index (χ0n) is 8.43. The van der Waals surface area contributed by atoms with E-state index in [0.717, 1.165) is 11.8 Å². The van der Waals surface area contributed by atoms with Crippen LogP contribution in [-0.4, -0.2) is 0 Å². The van der Waals surface area contributed by atoms with Gasteiger partial charge in [0, 0.05) is 0 Å². The van der Waals surface area contributed by atoms with Crippen molar-refractivity contribution in [2.45, 2.75) is 47.0 Å². The Kier molecular flexibility index (Phi) is 6.30. The summed E-state index contributed by atoms with van der Waals surface area (Å²) in [6.45, 7) is 9.10. The molecule has 0 aliphatic heterocycles. The van der Waals surface area contributed by atoms with E-state index in [1.54, 1.807) is 0 Å². The second kappa shape index (κ2) is 6.45. The van der Waals surface area contributed by atoms with Gasteiger partial charge >= 0.3 is 0 Å². The lowest BCUT2D eigenvalue weighted by atomic mass is 9.96. The molecule has 0 saturated heterocycles. The number of rotatable bonds is 5. The maximum atomic E-state index is 2.33. The van der Waals surface area contributed by atoms with Gasteiger partial charge in [-0.2, -0.15) is 0 Å². The summed E-state index contributed by atoms with van der Waals surface area (Å²) in [6, 6.07) is 0. The van der Waals surface area contributed by atoms with Gasteiger partial charge in [0.25, 0.3) is 0 Å². The molecule has 0 aromatic heterocycles. The Balaban J connectivity index is 3.36. The van der Waals surface area contributed by atoms with E-state index in [-0.39, 0.29) is 0 Å². The molecular weight excluding hydrogens is 132 g/mol. The highest BCUT2D eigenvalue weighted by Crippen LogP contribution is 2.14. The van der Waals surface area contributed by atoms with Crippen LogP contribution >= 0.6 is 0 Å². The van der Waals surface area contributed by atoms with Crippen molar-refractivity contribution >= 4 is 0 Å². The molecule has 1 atom stereocenters. The molecule has 0 bridgehead atoms. The van der Waals surface area contributed by atoms with Crippen molar-refractivity contribution in [2.75, 3.05) is 0 Å². The summed E-state index contributed by atoms with van der Waals surface area (Å²) >= 11 is 0. The Bertz CT molecular complexity index is 101. The first-order valence-corrected chi connectivity index (χ1v) is 4.81. The summed E-state index contributed by atoms with van der Waals surface area (Å²) in [5.41, 5.74) is 0. The summed E-state index contributed by atoms with van der Waals surface area (Å²) in [5, 5.41) is 0. The molecule has 0 nitrogen and oxygen atoms in total. The fraction of sp³-hybridized carbons (Fsp3) is 0.818. The normalized spacial score (nSPS) is 14.6. The fourth-order valence-corrected chi connectivity index (χ4v) is 1.40. The molecule has 0 fully saturated rings. The third-order valence-corrected chi connectivity index (χ3v) is 1.81. The maximum absolute atomic E-state index is 2.33. The molecule has 0 aliphatic rings. The van der Waals surface area contributed by atoms with E-state index in [1.165, 1.54) is 19.3 Å². The topological polar surface area (TPSA) is 0 Å². The molecule has 0 aromatic carbocycles. The van der Waals surface area contributed by atoms with Crippen molar-refractivity contribution in [1.29, 1.82) is 0 Å². The van der Waals surface area contributed by atoms with Crippen molar-refractivity contribution in [3.63, 3.8) is 0 Å². The molecule has 0 rings (SSSR count). The molecule has 0 amide bonds. The largest absolute Gasteiger partial charge is 0.0888 e. The highest BCUT2D eigenvalue weighted by Gasteiger charge is 2.01. The Morgan fingerprint density at radius 1 is 1.09 bits per heavy atom. The quantitative estimate of drug-likeness (QED) is 0.524. The first-order chi connectivity index (χ1) is 5.16. The van der Waals surface area contributed by atoms with Gasteiger partial charge in [0.15, 0.2) is 0 Å². The summed E-state index contributed by atoms with van der Waals surface area (Å²) in [6.07, 6.45) is 8.36. The second-order valence-corrected chi connectivity index (χ2v) is 3.85. The SMILES string of the molecule is CCC=CCC(C)CC(C)C. The Morgan fingerprint density at radius 2 is 1.73 bits per heavy atom. The van der Waals surface area contributed by atoms with E-state index in [0.29, 0.717) is 0 Å². The zero-order chi connectivity index (χ0) is 8.69. The number of allylic oxidation sites excluding steroid dienone is 2. The minimum atomic E-state index is 0.847. The summed E-state index contributed by atoms with van der Waals surface area (Å²) in [5.74, 6) is 1.71. The average Bonchev–Trinajstić information content (AvgIpc) is 1.86. The predicted molar refractivity (Wildman–Crippen MR) is 52.7 cm³/mol. The van der Waals surface area contributed by atoms with Crippen LogP contribution in [0.1, 0.15) is 47.0 Å². The number of hydrogen-bond acceptors (Lipinski definition) is 0. The van der Waals surface area contributed by atoms with Crippen molar-refractivity contribution in [2.24, 2.45) is 11.8 Å². The Labute approximate surface area is 71.7 Å². The standard InChI is InChI=1S/C11H22/c1-5-6-7-8-11(4)9-10(2)3/h6-7,10-11H,5,8-9H2,1-4H3. The summed E-state index contributed by atoms with van der Waals surface area (Å²) < 4.78 is 0. The van der Waals surface area contributed by atoms with Crippen LogP contribution in [0.3, 0.4) is 0 Å². The molecular formula is C11H22. The maximum Gasteiger partial charge on any atom is -0.0325 e. The number of hydrogen-bond donors (Lipinski definition) is 0. The van der Waals surface area contributed by atoms with Crippen molar-refractivity contribution in [1.82, 2.24) is 0 Å². The zero-order valence-corrected chi connectivity index (χ0v) is 8.43. The molecule has 11 heavy (non-hydrogen) atoms. The first-order valence-electron chi connectivity index (χ1n) is 4.81. The van der Waals surface area contributed by atoms with Gasteiger partial charge in [-0.15, -0.1) is 0 Å². The van der Waals surface area contributed by atoms with Crippen LogP contribution in [0, 0.1) is 11.8 Å². The van der Waals surface area contributed by atoms with E-state index >= 15 is 0 Å². The molecule has 0 heteroatoms. The second-order valence-electron chi connectivity index (χ2n) is 3.85. The Morgan fingerprint density at radius 3 is 2.18 bits per heavy atom. The van der Waals surface area contributed by atoms with Crippen molar-refractivity contribution < 1.29 is 0 Å². The minimum Gasteiger partial charge on any atom is -0.0888 e. The molecule has 0 aromatic rings. The van der Waals surface area contributed by atoms with E-state index in [9.17, 15) is 0 Å². The minimum absolute atomic E-state index is 0.847. The molecule has 0 N–H and O–H groups in total. The monoisotopic (exact) mass is 154 g/mol. The van der Waals surface area contributed by atoms with Gasteiger partial charge in [-0.3, -0.25) is 0 Å². The van der Waals surface area contributed by atoms with Crippen LogP contribution < -0.4 is 0 Å². The van der Waals surface area contributed by atoms with Gasteiger partial charge in [0.2, 0.25) is 0 Å². The molecule has 0 radical (unpaired) electrons. The highest BCUT2D eigenvalue weighted by molar-refractivity contribution is 4.81. The van der Waals surface area contributed by atoms with Crippen molar-refractivity contribution in [3.05, 3.63) is 12.2 Å². The van der Waals surface area contributed by atoms with Crippen LogP contribution in [0.5, 0.6) is 0 Å². The van der Waals surface area contributed by atoms with E-state index < -0.39 is 0 Å². The van der Waals surface area contributed by atoms with Gasteiger partial charge < -0.3 is 0 Å². The third kappa shape index (κ3) is 7.64. The van der Waals surface area contributed by atoms with E-state index in [1.807, 2.05) is 0 Å². The summed E-state index contributed by atoms with van der Waals surface area (Å²) in [7, 11) is 0. The van der Waals surface area contributed by atoms with Gasteiger partial charge in [0.05, 0.1) is 0 Å². The van der Waals surface area contributed by atoms with Crippen LogP contribution in [0.25, 0.3) is 0 Å². The van der Waals surface area contributed by atoms with Gasteiger partial charge in [-0.25, -0.2) is 0 Å². The molecule has 1 unspecified atom stereocenters. The molecule has 66 valence electrons. The smallest absolute Gasteiger partial charge is 0.0325 e.